The van der Waals surface area contributed by atoms with Crippen molar-refractivity contribution in [3.8, 4) is 5.75 Å². The number of nitrogens with zero attached hydrogens (tertiary/aromatic N) is 2. The van der Waals surface area contributed by atoms with Crippen LogP contribution in [0.4, 0.5) is 8.78 Å². The fourth-order valence-corrected chi connectivity index (χ4v) is 5.22. The number of likely N-dealkylation sites (tertiary alicyclic amines) is 1. The molecule has 1 aliphatic heterocycles. The SMILES string of the molecule is CC(C)(Oc1ccccc1Cl)C(=O)N1CCC(c2nc(C(=O)NNC(=O)c3cc(F)cc(F)c3)cs2)CC1. The van der Waals surface area contributed by atoms with Crippen LogP contribution in [0.5, 0.6) is 5.75 Å². The van der Waals surface area contributed by atoms with E-state index in [0.29, 0.717) is 42.8 Å². The minimum Gasteiger partial charge on any atom is -0.476 e. The Morgan fingerprint density at radius 1 is 1.05 bits per heavy atom. The number of aromatic nitrogens is 1. The largest absolute Gasteiger partial charge is 0.476 e. The first-order valence-electron chi connectivity index (χ1n) is 11.8. The van der Waals surface area contributed by atoms with Crippen molar-refractivity contribution in [2.75, 3.05) is 13.1 Å². The third-order valence-corrected chi connectivity index (χ3v) is 7.34. The van der Waals surface area contributed by atoms with Crippen LogP contribution < -0.4 is 15.6 Å². The molecular formula is C26H25ClF2N4O4S. The highest BCUT2D eigenvalue weighted by atomic mass is 35.5. The average Bonchev–Trinajstić information content (AvgIpc) is 3.38. The zero-order valence-electron chi connectivity index (χ0n) is 20.6. The van der Waals surface area contributed by atoms with Gasteiger partial charge < -0.3 is 9.64 Å². The summed E-state index contributed by atoms with van der Waals surface area (Å²) in [5.41, 5.74) is 3.04. The quantitative estimate of drug-likeness (QED) is 0.424. The zero-order chi connectivity index (χ0) is 27.4. The van der Waals surface area contributed by atoms with E-state index in [1.807, 2.05) is 0 Å². The maximum atomic E-state index is 13.3. The van der Waals surface area contributed by atoms with Gasteiger partial charge in [-0.15, -0.1) is 11.3 Å². The zero-order valence-corrected chi connectivity index (χ0v) is 22.2. The standard InChI is InChI=1S/C26H25ClF2N4O4S/c1-26(2,37-21-6-4-3-5-19(21)27)25(36)33-9-7-15(8-10-33)24-30-20(14-38-24)23(35)32-31-22(34)16-11-17(28)13-18(29)12-16/h3-6,11-15H,7-10H2,1-2H3,(H,31,34)(H,32,35). The van der Waals surface area contributed by atoms with E-state index in [-0.39, 0.29) is 23.1 Å². The van der Waals surface area contributed by atoms with Crippen molar-refractivity contribution in [1.82, 2.24) is 20.7 Å². The maximum Gasteiger partial charge on any atom is 0.289 e. The Hall–Kier alpha value is -3.57. The summed E-state index contributed by atoms with van der Waals surface area (Å²) in [6.07, 6.45) is 1.31. The van der Waals surface area contributed by atoms with Crippen LogP contribution in [0.25, 0.3) is 0 Å². The molecule has 0 spiro atoms. The first kappa shape index (κ1) is 27.5. The minimum atomic E-state index is -1.11. The molecule has 2 N–H and O–H groups in total. The highest BCUT2D eigenvalue weighted by Crippen LogP contribution is 2.33. The first-order valence-corrected chi connectivity index (χ1v) is 13.0. The van der Waals surface area contributed by atoms with Crippen LogP contribution in [0, 0.1) is 11.6 Å². The molecule has 0 bridgehead atoms. The van der Waals surface area contributed by atoms with Crippen LogP contribution in [0.1, 0.15) is 58.5 Å². The Bertz CT molecular complexity index is 1340. The molecule has 0 unspecified atom stereocenters. The van der Waals surface area contributed by atoms with Crippen molar-refractivity contribution in [2.24, 2.45) is 0 Å². The average molecular weight is 563 g/mol. The number of halogens is 3. The molecule has 2 heterocycles. The number of thiazole rings is 1. The number of carbonyl (C=O) groups excluding carboxylic acids is 3. The smallest absolute Gasteiger partial charge is 0.289 e. The molecule has 0 radical (unpaired) electrons. The maximum absolute atomic E-state index is 13.3. The van der Waals surface area contributed by atoms with Crippen LogP contribution in [0.2, 0.25) is 5.02 Å². The second kappa shape index (κ2) is 11.4. The molecule has 8 nitrogen and oxygen atoms in total. The van der Waals surface area contributed by atoms with Gasteiger partial charge in [0.05, 0.1) is 10.0 Å². The highest BCUT2D eigenvalue weighted by Gasteiger charge is 2.37. The van der Waals surface area contributed by atoms with E-state index in [1.54, 1.807) is 48.4 Å². The van der Waals surface area contributed by atoms with E-state index in [9.17, 15) is 23.2 Å². The number of hydrogen-bond donors (Lipinski definition) is 2. The lowest BCUT2D eigenvalue weighted by Gasteiger charge is -2.36. The van der Waals surface area contributed by atoms with Gasteiger partial charge in [-0.1, -0.05) is 23.7 Å². The lowest BCUT2D eigenvalue weighted by molar-refractivity contribution is -0.146. The van der Waals surface area contributed by atoms with Crippen LogP contribution in [-0.2, 0) is 4.79 Å². The third kappa shape index (κ3) is 6.46. The Kier molecular flexibility index (Phi) is 8.27. The fourth-order valence-electron chi connectivity index (χ4n) is 4.07. The number of hydrogen-bond acceptors (Lipinski definition) is 6. The summed E-state index contributed by atoms with van der Waals surface area (Å²) in [4.78, 5) is 43.8. The molecule has 12 heteroatoms. The van der Waals surface area contributed by atoms with Gasteiger partial charge >= 0.3 is 0 Å². The second-order valence-corrected chi connectivity index (χ2v) is 10.5. The second-order valence-electron chi connectivity index (χ2n) is 9.25. The van der Waals surface area contributed by atoms with Gasteiger partial charge in [-0.05, 0) is 51.0 Å². The predicted octanol–water partition coefficient (Wildman–Crippen LogP) is 4.71. The molecule has 0 saturated carbocycles. The summed E-state index contributed by atoms with van der Waals surface area (Å²) < 4.78 is 32.5. The van der Waals surface area contributed by atoms with Crippen LogP contribution >= 0.6 is 22.9 Å². The van der Waals surface area contributed by atoms with Crippen LogP contribution in [0.3, 0.4) is 0 Å². The van der Waals surface area contributed by atoms with Crippen LogP contribution in [-0.4, -0.2) is 46.3 Å². The summed E-state index contributed by atoms with van der Waals surface area (Å²) in [6.45, 7) is 4.42. The monoisotopic (exact) mass is 562 g/mol. The van der Waals surface area contributed by atoms with E-state index in [4.69, 9.17) is 16.3 Å². The number of nitrogens with one attached hydrogen (secondary N) is 2. The first-order chi connectivity index (χ1) is 18.0. The molecule has 4 rings (SSSR count). The van der Waals surface area contributed by atoms with E-state index in [1.165, 1.54) is 11.3 Å². The van der Waals surface area contributed by atoms with E-state index < -0.39 is 29.0 Å². The van der Waals surface area contributed by atoms with Crippen molar-refractivity contribution in [3.63, 3.8) is 0 Å². The van der Waals surface area contributed by atoms with Crippen molar-refractivity contribution in [3.05, 3.63) is 80.8 Å². The van der Waals surface area contributed by atoms with Gasteiger partial charge in [0, 0.05) is 36.0 Å². The van der Waals surface area contributed by atoms with Gasteiger partial charge in [-0.2, -0.15) is 0 Å². The van der Waals surface area contributed by atoms with Gasteiger partial charge in [-0.3, -0.25) is 25.2 Å². The van der Waals surface area contributed by atoms with E-state index >= 15 is 0 Å². The summed E-state index contributed by atoms with van der Waals surface area (Å²) >= 11 is 7.49. The molecular weight excluding hydrogens is 538 g/mol. The van der Waals surface area contributed by atoms with Gasteiger partial charge in [0.15, 0.2) is 5.60 Å². The molecule has 3 aromatic rings. The van der Waals surface area contributed by atoms with Crippen molar-refractivity contribution in [1.29, 1.82) is 0 Å². The lowest BCUT2D eigenvalue weighted by atomic mass is 9.96. The molecule has 200 valence electrons. The van der Waals surface area contributed by atoms with Gasteiger partial charge in [-0.25, -0.2) is 13.8 Å². The fraction of sp³-hybridized carbons (Fsp3) is 0.308. The van der Waals surface area contributed by atoms with Crippen LogP contribution in [0.15, 0.2) is 47.8 Å². The number of hydrazine groups is 1. The predicted molar refractivity (Wildman–Crippen MR) is 138 cm³/mol. The topological polar surface area (TPSA) is 101 Å². The molecule has 38 heavy (non-hydrogen) atoms. The Labute approximate surface area is 226 Å². The van der Waals surface area contributed by atoms with Gasteiger partial charge in [0.2, 0.25) is 0 Å². The Balaban J connectivity index is 1.29. The summed E-state index contributed by atoms with van der Waals surface area (Å²) in [6, 6.07) is 9.34. The number of rotatable bonds is 6. The molecule has 0 atom stereocenters. The molecule has 1 saturated heterocycles. The lowest BCUT2D eigenvalue weighted by Crippen LogP contribution is -2.51. The van der Waals surface area contributed by atoms with E-state index in [0.717, 1.165) is 17.1 Å². The molecule has 1 aliphatic rings. The van der Waals surface area contributed by atoms with Gasteiger partial charge in [0.25, 0.3) is 17.7 Å². The normalized spacial score (nSPS) is 14.2. The Morgan fingerprint density at radius 3 is 2.34 bits per heavy atom. The Morgan fingerprint density at radius 2 is 1.68 bits per heavy atom. The molecule has 2 aromatic carbocycles. The van der Waals surface area contributed by atoms with E-state index in [2.05, 4.69) is 15.8 Å². The summed E-state index contributed by atoms with van der Waals surface area (Å²) in [7, 11) is 0. The molecule has 0 aliphatic carbocycles. The summed E-state index contributed by atoms with van der Waals surface area (Å²) in [5, 5.41) is 2.74. The number of carbonyl (C=O) groups is 3. The molecule has 1 aromatic heterocycles. The number of piperidine rings is 1. The molecule has 3 amide bonds. The third-order valence-electron chi connectivity index (χ3n) is 6.02. The number of ether oxygens (including phenoxy) is 1. The van der Waals surface area contributed by atoms with Gasteiger partial charge in [0.1, 0.15) is 23.1 Å². The number of amides is 3. The number of para-hydroxylation sites is 1. The van der Waals surface area contributed by atoms with Crippen molar-refractivity contribution < 1.29 is 27.9 Å². The minimum absolute atomic E-state index is 0.0584. The number of benzene rings is 2. The highest BCUT2D eigenvalue weighted by molar-refractivity contribution is 7.09. The summed E-state index contributed by atoms with van der Waals surface area (Å²) in [5.74, 6) is -3.00. The molecule has 1 fully saturated rings. The van der Waals surface area contributed by atoms with Crippen molar-refractivity contribution in [2.45, 2.75) is 38.2 Å². The van der Waals surface area contributed by atoms with Crippen molar-refractivity contribution >= 4 is 40.7 Å².